The number of amides is 1. The number of Topliss-reactive ketones (excluding diaryl/α,β-unsaturated/α-hetero) is 1. The van der Waals surface area contributed by atoms with Gasteiger partial charge in [-0.15, -0.1) is 4.40 Å². The van der Waals surface area contributed by atoms with E-state index in [1.165, 1.54) is 0 Å². The molecule has 0 aromatic heterocycles. The van der Waals surface area contributed by atoms with Gasteiger partial charge in [-0.05, 0) is 105 Å². The van der Waals surface area contributed by atoms with E-state index >= 15 is 0 Å². The molecule has 1 aliphatic rings. The maximum Gasteiger partial charge on any atom is 0.408 e. The summed E-state index contributed by atoms with van der Waals surface area (Å²) in [5, 5.41) is 5.70. The molecule has 1 aromatic rings. The largest absolute Gasteiger partial charge is 0.487 e. The van der Waals surface area contributed by atoms with Gasteiger partial charge in [0.15, 0.2) is 5.78 Å². The van der Waals surface area contributed by atoms with Gasteiger partial charge in [0.25, 0.3) is 10.0 Å². The lowest BCUT2D eigenvalue weighted by Gasteiger charge is -2.23. The van der Waals surface area contributed by atoms with Gasteiger partial charge in [0.2, 0.25) is 0 Å². The van der Waals surface area contributed by atoms with E-state index in [4.69, 9.17) is 15.2 Å². The quantitative estimate of drug-likeness (QED) is 0.177. The summed E-state index contributed by atoms with van der Waals surface area (Å²) in [6.45, 7) is 15.4. The highest BCUT2D eigenvalue weighted by atomic mass is 32.2. The summed E-state index contributed by atoms with van der Waals surface area (Å²) in [7, 11) is -2.23. The molecule has 0 bridgehead atoms. The molecule has 0 saturated heterocycles. The van der Waals surface area contributed by atoms with E-state index in [2.05, 4.69) is 15.0 Å². The number of hydrogen-bond acceptors (Lipinski definition) is 7. The lowest BCUT2D eigenvalue weighted by molar-refractivity contribution is -0.121. The molecule has 226 valence electrons. The maximum atomic E-state index is 13.4. The lowest BCUT2D eigenvalue weighted by atomic mass is 9.94. The van der Waals surface area contributed by atoms with Crippen molar-refractivity contribution in [2.45, 2.75) is 122 Å². The van der Waals surface area contributed by atoms with Gasteiger partial charge < -0.3 is 25.8 Å². The van der Waals surface area contributed by atoms with Gasteiger partial charge in [-0.2, -0.15) is 8.42 Å². The van der Waals surface area contributed by atoms with Crippen molar-refractivity contribution >= 4 is 27.7 Å². The molecular weight excluding hydrogens is 532 g/mol. The molecule has 1 heterocycles. The Labute approximate surface area is 239 Å². The van der Waals surface area contributed by atoms with E-state index in [-0.39, 0.29) is 22.9 Å². The summed E-state index contributed by atoms with van der Waals surface area (Å²) in [5.74, 6) is 0.687. The Morgan fingerprint density at radius 2 is 1.73 bits per heavy atom. The molecule has 0 fully saturated rings. The van der Waals surface area contributed by atoms with Gasteiger partial charge in [0, 0.05) is 24.8 Å². The Hall–Kier alpha value is -2.66. The van der Waals surface area contributed by atoms with Crippen molar-refractivity contribution in [3.05, 3.63) is 22.3 Å². The smallest absolute Gasteiger partial charge is 0.408 e. The summed E-state index contributed by atoms with van der Waals surface area (Å²) >= 11 is 0. The minimum atomic E-state index is -4.04. The number of alkyl carbamates (subject to hydrolysis) is 1. The van der Waals surface area contributed by atoms with E-state index in [1.807, 2.05) is 27.8 Å². The van der Waals surface area contributed by atoms with Crippen LogP contribution in [-0.2, 0) is 26.0 Å². The summed E-state index contributed by atoms with van der Waals surface area (Å²) < 4.78 is 42.1. The highest BCUT2D eigenvalue weighted by Gasteiger charge is 2.36. The Balaban J connectivity index is 2.09. The first-order valence-corrected chi connectivity index (χ1v) is 15.4. The SMILES string of the molecule is CNCCCC(=O)[C@H](CCCC/C(N)=N/S(=O)(=O)c1c(C)c(C)c2c(c1C)CC(C)(C)O2)NC(=O)OC(C)(C)C. The predicted molar refractivity (Wildman–Crippen MR) is 158 cm³/mol. The van der Waals surface area contributed by atoms with Gasteiger partial charge in [-0.25, -0.2) is 4.79 Å². The first-order chi connectivity index (χ1) is 18.4. The second kappa shape index (κ2) is 13.3. The molecule has 2 rings (SSSR count). The molecule has 11 heteroatoms. The summed E-state index contributed by atoms with van der Waals surface area (Å²) in [6.07, 6.45) is 2.62. The van der Waals surface area contributed by atoms with E-state index in [0.29, 0.717) is 56.2 Å². The first kappa shape index (κ1) is 33.5. The van der Waals surface area contributed by atoms with Crippen molar-refractivity contribution in [1.82, 2.24) is 10.6 Å². The van der Waals surface area contributed by atoms with Gasteiger partial charge in [-0.1, -0.05) is 6.42 Å². The van der Waals surface area contributed by atoms with Crippen molar-refractivity contribution in [2.24, 2.45) is 10.1 Å². The number of carbonyl (C=O) groups is 2. The predicted octanol–water partition coefficient (Wildman–Crippen LogP) is 4.39. The number of amidine groups is 1. The fourth-order valence-electron chi connectivity index (χ4n) is 4.91. The molecule has 40 heavy (non-hydrogen) atoms. The zero-order chi connectivity index (χ0) is 30.5. The van der Waals surface area contributed by atoms with Crippen LogP contribution >= 0.6 is 0 Å². The van der Waals surface area contributed by atoms with Crippen LogP contribution in [0.2, 0.25) is 0 Å². The molecule has 0 aliphatic carbocycles. The minimum Gasteiger partial charge on any atom is -0.487 e. The van der Waals surface area contributed by atoms with Crippen LogP contribution in [0.15, 0.2) is 9.29 Å². The normalized spacial score (nSPS) is 15.8. The Morgan fingerprint density at radius 3 is 2.33 bits per heavy atom. The Kier molecular flexibility index (Phi) is 11.2. The number of ketones is 1. The van der Waals surface area contributed by atoms with Crippen LogP contribution in [0.4, 0.5) is 4.79 Å². The molecule has 0 radical (unpaired) electrons. The molecule has 0 unspecified atom stereocenters. The summed E-state index contributed by atoms with van der Waals surface area (Å²) in [4.78, 5) is 25.3. The highest BCUT2D eigenvalue weighted by molar-refractivity contribution is 7.90. The van der Waals surface area contributed by atoms with Crippen LogP contribution in [-0.4, -0.2) is 57.0 Å². The van der Waals surface area contributed by atoms with Gasteiger partial charge in [0.1, 0.15) is 22.8 Å². The number of sulfonamides is 1. The first-order valence-electron chi connectivity index (χ1n) is 14.0. The van der Waals surface area contributed by atoms with Gasteiger partial charge in [-0.3, -0.25) is 4.79 Å². The monoisotopic (exact) mass is 580 g/mol. The average molecular weight is 581 g/mol. The third kappa shape index (κ3) is 9.19. The molecule has 10 nitrogen and oxygen atoms in total. The standard InChI is InChI=1S/C29H48N4O6S/c1-18-19(2)26(20(3)21-17-29(7,8)38-25(18)21)40(36,37)33-24(30)15-11-10-13-22(23(34)14-12-16-31-9)32-27(35)39-28(4,5)6/h22,31H,10-17H2,1-9H3,(H2,30,33)(H,32,35)/t22-/m0/s1. The van der Waals surface area contributed by atoms with Crippen LogP contribution in [0.1, 0.15) is 95.4 Å². The van der Waals surface area contributed by atoms with Crippen LogP contribution in [0.25, 0.3) is 0 Å². The molecular formula is C29H48N4O6S. The Bertz CT molecular complexity index is 1230. The van der Waals surface area contributed by atoms with Crippen molar-refractivity contribution in [3.8, 4) is 5.75 Å². The number of nitrogens with zero attached hydrogens (tertiary/aromatic N) is 1. The van der Waals surface area contributed by atoms with Crippen LogP contribution in [0, 0.1) is 20.8 Å². The average Bonchev–Trinajstić information content (AvgIpc) is 3.14. The van der Waals surface area contributed by atoms with Crippen molar-refractivity contribution in [1.29, 1.82) is 0 Å². The van der Waals surface area contributed by atoms with Crippen molar-refractivity contribution < 1.29 is 27.5 Å². The van der Waals surface area contributed by atoms with Gasteiger partial charge >= 0.3 is 6.09 Å². The minimum absolute atomic E-state index is 0.00512. The number of carbonyl (C=O) groups excluding carboxylic acids is 2. The number of rotatable bonds is 13. The van der Waals surface area contributed by atoms with Crippen LogP contribution < -0.4 is 21.1 Å². The molecule has 1 amide bonds. The molecule has 0 spiro atoms. The second-order valence-electron chi connectivity index (χ2n) is 12.2. The maximum absolute atomic E-state index is 13.4. The molecule has 4 N–H and O–H groups in total. The lowest BCUT2D eigenvalue weighted by Crippen LogP contribution is -2.43. The van der Waals surface area contributed by atoms with E-state index in [9.17, 15) is 18.0 Å². The second-order valence-corrected chi connectivity index (χ2v) is 13.8. The number of ether oxygens (including phenoxy) is 2. The number of nitrogens with one attached hydrogen (secondary N) is 2. The Morgan fingerprint density at radius 1 is 1.07 bits per heavy atom. The van der Waals surface area contributed by atoms with E-state index < -0.39 is 33.4 Å². The molecule has 1 aromatic carbocycles. The van der Waals surface area contributed by atoms with Crippen LogP contribution in [0.3, 0.4) is 0 Å². The molecule has 1 atom stereocenters. The van der Waals surface area contributed by atoms with Crippen molar-refractivity contribution in [2.75, 3.05) is 13.6 Å². The number of unbranched alkanes of at least 4 members (excludes halogenated alkanes) is 1. The topological polar surface area (TPSA) is 149 Å². The number of fused-ring (bicyclic) bond motifs is 1. The zero-order valence-electron chi connectivity index (χ0n) is 25.6. The fourth-order valence-corrected chi connectivity index (χ4v) is 6.45. The van der Waals surface area contributed by atoms with E-state index in [1.54, 1.807) is 34.6 Å². The fraction of sp³-hybridized carbons (Fsp3) is 0.690. The highest BCUT2D eigenvalue weighted by Crippen LogP contribution is 2.44. The van der Waals surface area contributed by atoms with Gasteiger partial charge in [0.05, 0.1) is 10.9 Å². The zero-order valence-corrected chi connectivity index (χ0v) is 26.4. The van der Waals surface area contributed by atoms with Crippen LogP contribution in [0.5, 0.6) is 5.75 Å². The van der Waals surface area contributed by atoms with Crippen molar-refractivity contribution in [3.63, 3.8) is 0 Å². The number of hydrogen-bond donors (Lipinski definition) is 3. The third-order valence-corrected chi connectivity index (χ3v) is 8.50. The summed E-state index contributed by atoms with van der Waals surface area (Å²) in [6, 6.07) is -0.695. The number of nitrogens with two attached hydrogens (primary N) is 1. The third-order valence-electron chi connectivity index (χ3n) is 6.89. The molecule has 1 aliphatic heterocycles. The summed E-state index contributed by atoms with van der Waals surface area (Å²) in [5.41, 5.74) is 7.94. The van der Waals surface area contributed by atoms with E-state index in [0.717, 1.165) is 16.9 Å². The number of benzene rings is 1. The molecule has 0 saturated carbocycles.